The number of nitrogen functional groups attached to an aromatic ring is 1. The summed E-state index contributed by atoms with van der Waals surface area (Å²) in [6, 6.07) is 8.30. The van der Waals surface area contributed by atoms with Crippen LogP contribution in [0.2, 0.25) is 0 Å². The topological polar surface area (TPSA) is 38.5 Å². The third kappa shape index (κ3) is 2.49. The number of benzene rings is 1. The molecule has 3 nitrogen and oxygen atoms in total. The van der Waals surface area contributed by atoms with Gasteiger partial charge in [0.2, 0.25) is 0 Å². The van der Waals surface area contributed by atoms with Gasteiger partial charge in [0.1, 0.15) is 0 Å². The van der Waals surface area contributed by atoms with Crippen molar-refractivity contribution in [2.75, 3.05) is 18.9 Å². The van der Waals surface area contributed by atoms with E-state index in [0.717, 1.165) is 18.8 Å². The van der Waals surface area contributed by atoms with Gasteiger partial charge in [0.05, 0.1) is 12.6 Å². The number of hydroxylamine groups is 2. The van der Waals surface area contributed by atoms with E-state index in [0.29, 0.717) is 0 Å². The van der Waals surface area contributed by atoms with Gasteiger partial charge in [0.15, 0.2) is 0 Å². The van der Waals surface area contributed by atoms with Gasteiger partial charge < -0.3 is 5.73 Å². The molecule has 1 fully saturated rings. The lowest BCUT2D eigenvalue weighted by atomic mass is 10.1. The molecule has 1 aliphatic heterocycles. The Bertz CT molecular complexity index is 321. The maximum atomic E-state index is 5.77. The molecule has 0 aliphatic carbocycles. The molecule has 0 spiro atoms. The zero-order valence-electron chi connectivity index (χ0n) is 9.15. The molecule has 15 heavy (non-hydrogen) atoms. The summed E-state index contributed by atoms with van der Waals surface area (Å²) in [4.78, 5) is 5.63. The lowest BCUT2D eigenvalue weighted by molar-refractivity contribution is -0.204. The van der Waals surface area contributed by atoms with Crippen molar-refractivity contribution >= 4 is 5.69 Å². The molecular weight excluding hydrogens is 188 g/mol. The van der Waals surface area contributed by atoms with E-state index in [9.17, 15) is 0 Å². The molecule has 3 heteroatoms. The minimum atomic E-state index is 0.286. The molecule has 2 rings (SSSR count). The van der Waals surface area contributed by atoms with Crippen LogP contribution in [0.3, 0.4) is 0 Å². The predicted octanol–water partition coefficient (Wildman–Crippen LogP) is 2.36. The van der Waals surface area contributed by atoms with E-state index in [1.54, 1.807) is 0 Å². The van der Waals surface area contributed by atoms with E-state index in [1.807, 2.05) is 18.2 Å². The van der Waals surface area contributed by atoms with Crippen LogP contribution in [0.4, 0.5) is 5.69 Å². The number of nitrogens with two attached hydrogens (primary N) is 1. The Balaban J connectivity index is 2.08. The van der Waals surface area contributed by atoms with Gasteiger partial charge >= 0.3 is 0 Å². The zero-order valence-corrected chi connectivity index (χ0v) is 9.15. The van der Waals surface area contributed by atoms with Crippen LogP contribution in [0, 0.1) is 0 Å². The molecule has 0 bridgehead atoms. The molecule has 82 valence electrons. The maximum absolute atomic E-state index is 5.77. The summed E-state index contributed by atoms with van der Waals surface area (Å²) in [5.74, 6) is 0. The van der Waals surface area contributed by atoms with Gasteiger partial charge in [-0.1, -0.05) is 12.1 Å². The first-order valence-electron chi connectivity index (χ1n) is 5.52. The van der Waals surface area contributed by atoms with Crippen LogP contribution in [-0.2, 0) is 4.84 Å². The molecule has 0 amide bonds. The largest absolute Gasteiger partial charge is 0.399 e. The minimum absolute atomic E-state index is 0.286. The van der Waals surface area contributed by atoms with Crippen molar-refractivity contribution < 1.29 is 4.84 Å². The lowest BCUT2D eigenvalue weighted by Crippen LogP contribution is -2.32. The highest BCUT2D eigenvalue weighted by atomic mass is 16.7. The number of hydrogen-bond donors (Lipinski definition) is 1. The average molecular weight is 206 g/mol. The standard InChI is InChI=1S/C12H18N2O/c1-10(14-7-2-3-8-15-14)11-5-4-6-12(13)9-11/h4-6,9-10H,2-3,7-8,13H2,1H3. The normalized spacial score (nSPS) is 20.1. The monoisotopic (exact) mass is 206 g/mol. The van der Waals surface area contributed by atoms with E-state index in [2.05, 4.69) is 18.1 Å². The van der Waals surface area contributed by atoms with E-state index >= 15 is 0 Å². The van der Waals surface area contributed by atoms with Crippen LogP contribution in [0.25, 0.3) is 0 Å². The predicted molar refractivity (Wildman–Crippen MR) is 61.2 cm³/mol. The third-order valence-electron chi connectivity index (χ3n) is 2.86. The van der Waals surface area contributed by atoms with E-state index in [1.165, 1.54) is 18.4 Å². The summed E-state index contributed by atoms with van der Waals surface area (Å²) in [7, 11) is 0. The van der Waals surface area contributed by atoms with Crippen LogP contribution in [-0.4, -0.2) is 18.2 Å². The second kappa shape index (κ2) is 4.64. The fraction of sp³-hybridized carbons (Fsp3) is 0.500. The minimum Gasteiger partial charge on any atom is -0.399 e. The number of nitrogens with zero attached hydrogens (tertiary/aromatic N) is 1. The molecule has 1 aromatic rings. The average Bonchev–Trinajstić information content (AvgIpc) is 2.29. The molecule has 0 saturated carbocycles. The van der Waals surface area contributed by atoms with Crippen molar-refractivity contribution in [2.45, 2.75) is 25.8 Å². The Kier molecular flexibility index (Phi) is 3.23. The first kappa shape index (κ1) is 10.5. The van der Waals surface area contributed by atoms with Gasteiger partial charge in [-0.05, 0) is 37.5 Å². The third-order valence-corrected chi connectivity index (χ3v) is 2.86. The summed E-state index contributed by atoms with van der Waals surface area (Å²) >= 11 is 0. The van der Waals surface area contributed by atoms with Gasteiger partial charge in [-0.2, -0.15) is 5.06 Å². The summed E-state index contributed by atoms with van der Waals surface area (Å²) < 4.78 is 0. The van der Waals surface area contributed by atoms with Crippen molar-refractivity contribution in [3.8, 4) is 0 Å². The molecule has 1 aliphatic rings. The zero-order chi connectivity index (χ0) is 10.7. The summed E-state index contributed by atoms with van der Waals surface area (Å²) in [5.41, 5.74) is 7.80. The van der Waals surface area contributed by atoms with E-state index in [4.69, 9.17) is 10.6 Å². The summed E-state index contributed by atoms with van der Waals surface area (Å²) in [6.45, 7) is 4.00. The molecule has 0 aromatic heterocycles. The van der Waals surface area contributed by atoms with Gasteiger partial charge in [-0.15, -0.1) is 0 Å². The van der Waals surface area contributed by atoms with Crippen LogP contribution in [0.5, 0.6) is 0 Å². The van der Waals surface area contributed by atoms with Crippen molar-refractivity contribution in [2.24, 2.45) is 0 Å². The number of hydrogen-bond acceptors (Lipinski definition) is 3. The molecule has 1 atom stereocenters. The highest BCUT2D eigenvalue weighted by Gasteiger charge is 2.19. The van der Waals surface area contributed by atoms with Crippen LogP contribution >= 0.6 is 0 Å². The second-order valence-corrected chi connectivity index (χ2v) is 4.03. The van der Waals surface area contributed by atoms with Crippen molar-refractivity contribution in [1.29, 1.82) is 0 Å². The SMILES string of the molecule is CC(c1cccc(N)c1)N1CCCCO1. The van der Waals surface area contributed by atoms with Crippen LogP contribution in [0.1, 0.15) is 31.4 Å². The summed E-state index contributed by atoms with van der Waals surface area (Å²) in [5, 5.41) is 2.05. The highest BCUT2D eigenvalue weighted by molar-refractivity contribution is 5.41. The van der Waals surface area contributed by atoms with Crippen LogP contribution < -0.4 is 5.73 Å². The number of anilines is 1. The summed E-state index contributed by atoms with van der Waals surface area (Å²) in [6.07, 6.45) is 2.38. The van der Waals surface area contributed by atoms with E-state index < -0.39 is 0 Å². The Hall–Kier alpha value is -1.06. The highest BCUT2D eigenvalue weighted by Crippen LogP contribution is 2.24. The molecular formula is C12H18N2O. The van der Waals surface area contributed by atoms with Crippen molar-refractivity contribution in [1.82, 2.24) is 5.06 Å². The molecule has 1 aromatic carbocycles. The second-order valence-electron chi connectivity index (χ2n) is 4.03. The van der Waals surface area contributed by atoms with Gasteiger partial charge in [0, 0.05) is 12.2 Å². The lowest BCUT2D eigenvalue weighted by Gasteiger charge is -2.31. The Morgan fingerprint density at radius 3 is 2.93 bits per heavy atom. The van der Waals surface area contributed by atoms with Gasteiger partial charge in [-0.25, -0.2) is 0 Å². The Morgan fingerprint density at radius 1 is 1.40 bits per heavy atom. The van der Waals surface area contributed by atoms with Gasteiger partial charge in [0.25, 0.3) is 0 Å². The number of rotatable bonds is 2. The van der Waals surface area contributed by atoms with Gasteiger partial charge in [-0.3, -0.25) is 4.84 Å². The first-order valence-corrected chi connectivity index (χ1v) is 5.52. The quantitative estimate of drug-likeness (QED) is 0.755. The Morgan fingerprint density at radius 2 is 2.27 bits per heavy atom. The van der Waals surface area contributed by atoms with Crippen LogP contribution in [0.15, 0.2) is 24.3 Å². The van der Waals surface area contributed by atoms with E-state index in [-0.39, 0.29) is 6.04 Å². The molecule has 2 N–H and O–H groups in total. The molecule has 1 saturated heterocycles. The first-order chi connectivity index (χ1) is 7.27. The molecule has 1 unspecified atom stereocenters. The van der Waals surface area contributed by atoms with Crippen molar-refractivity contribution in [3.63, 3.8) is 0 Å². The maximum Gasteiger partial charge on any atom is 0.0685 e. The fourth-order valence-electron chi connectivity index (χ4n) is 1.91. The van der Waals surface area contributed by atoms with Crippen molar-refractivity contribution in [3.05, 3.63) is 29.8 Å². The fourth-order valence-corrected chi connectivity index (χ4v) is 1.91. The smallest absolute Gasteiger partial charge is 0.0685 e. The molecule has 0 radical (unpaired) electrons. The Labute approximate surface area is 90.8 Å². The molecule has 1 heterocycles.